The van der Waals surface area contributed by atoms with E-state index in [2.05, 4.69) is 10.2 Å². The van der Waals surface area contributed by atoms with Crippen molar-refractivity contribution in [2.24, 2.45) is 0 Å². The Balaban J connectivity index is 1.26. The molecule has 1 aliphatic heterocycles. The summed E-state index contributed by atoms with van der Waals surface area (Å²) in [6.07, 6.45) is 2.21. The number of aromatic hydroxyl groups is 2. The van der Waals surface area contributed by atoms with E-state index in [9.17, 15) is 10.2 Å². The molecule has 0 spiro atoms. The first-order chi connectivity index (χ1) is 19.1. The second kappa shape index (κ2) is 12.2. The first-order valence-electron chi connectivity index (χ1n) is 13.4. The number of likely N-dealkylation sites (tertiary alicyclic amines) is 1. The van der Waals surface area contributed by atoms with Gasteiger partial charge in [-0.1, -0.05) is 72.8 Å². The van der Waals surface area contributed by atoms with E-state index in [1.807, 2.05) is 84.9 Å². The number of nitrogens with zero attached hydrogens (tertiary/aromatic N) is 1. The smallest absolute Gasteiger partial charge is 0.128 e. The maximum atomic E-state index is 11.2. The van der Waals surface area contributed by atoms with Crippen molar-refractivity contribution in [3.8, 4) is 45.3 Å². The Bertz CT molecular complexity index is 1420. The van der Waals surface area contributed by atoms with Crippen molar-refractivity contribution in [2.75, 3.05) is 27.3 Å². The zero-order valence-corrected chi connectivity index (χ0v) is 22.6. The van der Waals surface area contributed by atoms with E-state index in [1.54, 1.807) is 14.2 Å². The van der Waals surface area contributed by atoms with Gasteiger partial charge in [0.15, 0.2) is 0 Å². The van der Waals surface area contributed by atoms with Crippen LogP contribution in [0.4, 0.5) is 0 Å². The van der Waals surface area contributed by atoms with Crippen molar-refractivity contribution in [1.82, 2.24) is 10.2 Å². The highest BCUT2D eigenvalue weighted by molar-refractivity contribution is 5.77. The van der Waals surface area contributed by atoms with Gasteiger partial charge in [-0.25, -0.2) is 0 Å². The predicted molar refractivity (Wildman–Crippen MR) is 155 cm³/mol. The predicted octanol–water partition coefficient (Wildman–Crippen LogP) is 6.20. The van der Waals surface area contributed by atoms with Gasteiger partial charge in [-0.2, -0.15) is 0 Å². The molecule has 0 amide bonds. The maximum absolute atomic E-state index is 11.2. The molecule has 1 fully saturated rings. The third-order valence-corrected chi connectivity index (χ3v) is 7.60. The van der Waals surface area contributed by atoms with Crippen LogP contribution in [0.2, 0.25) is 0 Å². The fourth-order valence-electron chi connectivity index (χ4n) is 5.55. The van der Waals surface area contributed by atoms with Crippen molar-refractivity contribution in [3.63, 3.8) is 0 Å². The Kier molecular flexibility index (Phi) is 8.35. The second-order valence-corrected chi connectivity index (χ2v) is 9.92. The zero-order chi connectivity index (χ0) is 27.2. The van der Waals surface area contributed by atoms with Gasteiger partial charge in [0, 0.05) is 59.1 Å². The van der Waals surface area contributed by atoms with Crippen molar-refractivity contribution in [2.45, 2.75) is 32.0 Å². The van der Waals surface area contributed by atoms with Crippen molar-refractivity contribution in [1.29, 1.82) is 0 Å². The topological polar surface area (TPSA) is 74.2 Å². The molecule has 0 aromatic heterocycles. The highest BCUT2D eigenvalue weighted by atomic mass is 16.5. The molecule has 1 aliphatic rings. The molecule has 6 heteroatoms. The number of methoxy groups -OCH3 is 2. The third-order valence-electron chi connectivity index (χ3n) is 7.60. The average Bonchev–Trinajstić information content (AvgIpc) is 3.41. The molecule has 6 nitrogen and oxygen atoms in total. The zero-order valence-electron chi connectivity index (χ0n) is 22.6. The molecule has 39 heavy (non-hydrogen) atoms. The van der Waals surface area contributed by atoms with Crippen molar-refractivity contribution >= 4 is 0 Å². The number of phenolic OH excluding ortho intramolecular Hbond substituents is 2. The summed E-state index contributed by atoms with van der Waals surface area (Å²) in [4.78, 5) is 2.43. The Morgan fingerprint density at radius 1 is 0.718 bits per heavy atom. The summed E-state index contributed by atoms with van der Waals surface area (Å²) >= 11 is 0. The largest absolute Gasteiger partial charge is 0.507 e. The number of nitrogens with one attached hydrogen (secondary N) is 1. The van der Waals surface area contributed by atoms with Gasteiger partial charge in [0.2, 0.25) is 0 Å². The van der Waals surface area contributed by atoms with Crippen molar-refractivity contribution < 1.29 is 19.7 Å². The summed E-state index contributed by atoms with van der Waals surface area (Å²) in [6.45, 7) is 3.02. The van der Waals surface area contributed by atoms with Gasteiger partial charge >= 0.3 is 0 Å². The number of phenols is 2. The number of para-hydroxylation sites is 4. The minimum absolute atomic E-state index is 0.274. The Hall–Kier alpha value is -4.00. The van der Waals surface area contributed by atoms with Crippen LogP contribution in [0.3, 0.4) is 0 Å². The molecule has 4 aromatic rings. The van der Waals surface area contributed by atoms with Gasteiger partial charge < -0.3 is 25.0 Å². The van der Waals surface area contributed by atoms with Crippen LogP contribution in [0, 0.1) is 0 Å². The van der Waals surface area contributed by atoms with Crippen LogP contribution in [0.15, 0.2) is 84.9 Å². The van der Waals surface area contributed by atoms with Crippen LogP contribution in [-0.2, 0) is 13.1 Å². The highest BCUT2D eigenvalue weighted by Crippen LogP contribution is 2.39. The first-order valence-corrected chi connectivity index (χ1v) is 13.4. The molecule has 1 atom stereocenters. The fourth-order valence-corrected chi connectivity index (χ4v) is 5.55. The standard InChI is InChI=1S/C33H36N2O4/c1-38-30-17-5-3-13-26(30)28-15-7-10-23(32(28)36)20-34-21-25-12-9-19-35(25)22-24-11-8-16-29(33(24)37)27-14-4-6-18-31(27)39-2/h3-8,10-11,13-18,25,34,36-37H,9,12,19-22H2,1-2H3/t25-/m0/s1. The normalized spacial score (nSPS) is 15.4. The quantitative estimate of drug-likeness (QED) is 0.229. The van der Waals surface area contributed by atoms with Crippen LogP contribution in [0.25, 0.3) is 22.3 Å². The highest BCUT2D eigenvalue weighted by Gasteiger charge is 2.26. The molecule has 0 aliphatic carbocycles. The van der Waals surface area contributed by atoms with E-state index in [1.165, 1.54) is 0 Å². The summed E-state index contributed by atoms with van der Waals surface area (Å²) in [5, 5.41) is 25.8. The van der Waals surface area contributed by atoms with Gasteiger partial charge in [-0.15, -0.1) is 0 Å². The molecule has 3 N–H and O–H groups in total. The SMILES string of the molecule is COc1ccccc1-c1cccc(CNC[C@@H]2CCCN2Cc2cccc(-c3ccccc3OC)c2O)c1O. The molecule has 4 aromatic carbocycles. The molecule has 0 unspecified atom stereocenters. The molecule has 1 saturated heterocycles. The third kappa shape index (κ3) is 5.72. The van der Waals surface area contributed by atoms with E-state index < -0.39 is 0 Å². The lowest BCUT2D eigenvalue weighted by atomic mass is 10.00. The summed E-state index contributed by atoms with van der Waals surface area (Å²) in [6, 6.07) is 27.6. The lowest BCUT2D eigenvalue weighted by Gasteiger charge is -2.26. The van der Waals surface area contributed by atoms with Crippen LogP contribution < -0.4 is 14.8 Å². The Labute approximate surface area is 230 Å². The molecule has 0 radical (unpaired) electrons. The monoisotopic (exact) mass is 524 g/mol. The summed E-state index contributed by atoms with van der Waals surface area (Å²) in [5.41, 5.74) is 5.06. The molecular formula is C33H36N2O4. The van der Waals surface area contributed by atoms with Gasteiger partial charge in [-0.05, 0) is 31.5 Å². The molecule has 5 rings (SSSR count). The summed E-state index contributed by atoms with van der Waals surface area (Å²) in [7, 11) is 3.29. The van der Waals surface area contributed by atoms with E-state index in [-0.39, 0.29) is 5.75 Å². The average molecular weight is 525 g/mol. The molecule has 0 bridgehead atoms. The lowest BCUT2D eigenvalue weighted by molar-refractivity contribution is 0.236. The number of ether oxygens (including phenoxy) is 2. The molecule has 1 heterocycles. The number of rotatable bonds is 10. The van der Waals surface area contributed by atoms with Crippen LogP contribution >= 0.6 is 0 Å². The minimum atomic E-state index is 0.274. The van der Waals surface area contributed by atoms with Crippen LogP contribution in [0.1, 0.15) is 24.0 Å². The Morgan fingerprint density at radius 2 is 1.26 bits per heavy atom. The van der Waals surface area contributed by atoms with Gasteiger partial charge in [0.1, 0.15) is 23.0 Å². The molecule has 202 valence electrons. The Morgan fingerprint density at radius 3 is 1.87 bits per heavy atom. The molecular weight excluding hydrogens is 488 g/mol. The van der Waals surface area contributed by atoms with E-state index in [0.717, 1.165) is 70.8 Å². The van der Waals surface area contributed by atoms with Crippen LogP contribution in [0.5, 0.6) is 23.0 Å². The number of hydrogen-bond donors (Lipinski definition) is 3. The first kappa shape index (κ1) is 26.6. The number of benzene rings is 4. The summed E-state index contributed by atoms with van der Waals surface area (Å²) < 4.78 is 11.0. The maximum Gasteiger partial charge on any atom is 0.128 e. The minimum Gasteiger partial charge on any atom is -0.507 e. The lowest BCUT2D eigenvalue weighted by Crippen LogP contribution is -2.37. The van der Waals surface area contributed by atoms with E-state index in [4.69, 9.17) is 9.47 Å². The molecule has 0 saturated carbocycles. The summed E-state index contributed by atoms with van der Waals surface area (Å²) in [5.74, 6) is 2.05. The van der Waals surface area contributed by atoms with Gasteiger partial charge in [-0.3, -0.25) is 4.90 Å². The van der Waals surface area contributed by atoms with Crippen molar-refractivity contribution in [3.05, 3.63) is 96.1 Å². The van der Waals surface area contributed by atoms with E-state index in [0.29, 0.717) is 24.9 Å². The second-order valence-electron chi connectivity index (χ2n) is 9.92. The van der Waals surface area contributed by atoms with Gasteiger partial charge in [0.25, 0.3) is 0 Å². The van der Waals surface area contributed by atoms with Gasteiger partial charge in [0.05, 0.1) is 14.2 Å². The number of hydrogen-bond acceptors (Lipinski definition) is 6. The van der Waals surface area contributed by atoms with Crippen LogP contribution in [-0.4, -0.2) is 48.5 Å². The fraction of sp³-hybridized carbons (Fsp3) is 0.273. The van der Waals surface area contributed by atoms with E-state index >= 15 is 0 Å².